The molecular formula is C16H25ClN6O4S. The summed E-state index contributed by atoms with van der Waals surface area (Å²) in [6, 6.07) is -1.16. The fourth-order valence-corrected chi connectivity index (χ4v) is 3.05. The zero-order valence-corrected chi connectivity index (χ0v) is 17.2. The van der Waals surface area contributed by atoms with Crippen LogP contribution in [0.1, 0.15) is 28.4 Å². The van der Waals surface area contributed by atoms with E-state index in [0.29, 0.717) is 24.6 Å². The third-order valence-electron chi connectivity index (χ3n) is 3.59. The smallest absolute Gasteiger partial charge is 0.321 e. The van der Waals surface area contributed by atoms with Gasteiger partial charge in [-0.15, -0.1) is 0 Å². The minimum absolute atomic E-state index is 0. The topological polar surface area (TPSA) is 182 Å². The number of aromatic nitrogens is 3. The lowest BCUT2D eigenvalue weighted by Crippen LogP contribution is -3.00. The van der Waals surface area contributed by atoms with Gasteiger partial charge < -0.3 is 39.8 Å². The highest BCUT2D eigenvalue weighted by Crippen LogP contribution is 2.13. The number of nitrogen functional groups attached to an aromatic ring is 1. The lowest BCUT2D eigenvalue weighted by atomic mass is 10.2. The summed E-state index contributed by atoms with van der Waals surface area (Å²) in [7, 11) is 0. The molecule has 1 unspecified atom stereocenters. The van der Waals surface area contributed by atoms with Crippen LogP contribution in [-0.2, 0) is 22.6 Å². The Morgan fingerprint density at radius 1 is 1.36 bits per heavy atom. The van der Waals surface area contributed by atoms with E-state index < -0.39 is 17.9 Å². The number of aliphatic carboxylic acids is 1. The molecule has 0 saturated heterocycles. The second-order valence-corrected chi connectivity index (χ2v) is 6.72. The van der Waals surface area contributed by atoms with Crippen LogP contribution < -0.4 is 34.2 Å². The molecule has 1 amide bonds. The maximum atomic E-state index is 9.99. The Kier molecular flexibility index (Phi) is 11.2. The lowest BCUT2D eigenvalue weighted by molar-refractivity contribution is -0.689. The molecule has 1 atom stereocenters. The van der Waals surface area contributed by atoms with Gasteiger partial charge in [-0.05, 0) is 6.92 Å². The first-order chi connectivity index (χ1) is 12.6. The van der Waals surface area contributed by atoms with Gasteiger partial charge >= 0.3 is 5.97 Å². The van der Waals surface area contributed by atoms with Crippen molar-refractivity contribution in [1.29, 1.82) is 0 Å². The molecule has 0 aromatic carbocycles. The first-order valence-electron chi connectivity index (χ1n) is 8.07. The van der Waals surface area contributed by atoms with E-state index in [1.54, 1.807) is 17.5 Å². The maximum absolute atomic E-state index is 9.99. The molecule has 156 valence electrons. The SMILES string of the molecule is Cc1ncc(C[n+]2csc(CCO)c2C)c(N)n1.NC(=O)CC(N)C(=O)O.[Cl-]. The average Bonchev–Trinajstić information content (AvgIpc) is 2.91. The van der Waals surface area contributed by atoms with Gasteiger partial charge in [-0.2, -0.15) is 4.57 Å². The van der Waals surface area contributed by atoms with Gasteiger partial charge in [0, 0.05) is 26.1 Å². The largest absolute Gasteiger partial charge is 1.00 e. The number of aryl methyl sites for hydroxylation is 1. The van der Waals surface area contributed by atoms with E-state index in [9.17, 15) is 9.59 Å². The Bertz CT molecular complexity index is 801. The van der Waals surface area contributed by atoms with Crippen LogP contribution in [0.15, 0.2) is 11.7 Å². The second-order valence-electron chi connectivity index (χ2n) is 5.78. The van der Waals surface area contributed by atoms with Crippen LogP contribution in [0.5, 0.6) is 0 Å². The summed E-state index contributed by atoms with van der Waals surface area (Å²) in [4.78, 5) is 29.4. The predicted octanol–water partition coefficient (Wildman–Crippen LogP) is -4.11. The summed E-state index contributed by atoms with van der Waals surface area (Å²) in [6.07, 6.45) is 2.16. The Morgan fingerprint density at radius 2 is 2.00 bits per heavy atom. The number of nitrogens with zero attached hydrogens (tertiary/aromatic N) is 3. The van der Waals surface area contributed by atoms with E-state index in [-0.39, 0.29) is 25.4 Å². The number of amides is 1. The molecule has 0 aliphatic heterocycles. The van der Waals surface area contributed by atoms with Crippen molar-refractivity contribution in [2.75, 3.05) is 12.3 Å². The van der Waals surface area contributed by atoms with Crippen LogP contribution in [0.2, 0.25) is 0 Å². The van der Waals surface area contributed by atoms with Crippen LogP contribution in [0, 0.1) is 13.8 Å². The Balaban J connectivity index is 0.000000627. The number of carboxylic acid groups (broad SMARTS) is 1. The van der Waals surface area contributed by atoms with Gasteiger partial charge in [-0.1, -0.05) is 11.3 Å². The van der Waals surface area contributed by atoms with Gasteiger partial charge in [0.05, 0.1) is 16.9 Å². The van der Waals surface area contributed by atoms with Crippen molar-refractivity contribution >= 4 is 29.0 Å². The quantitative estimate of drug-likeness (QED) is 0.273. The number of anilines is 1. The third-order valence-corrected chi connectivity index (χ3v) is 4.74. The van der Waals surface area contributed by atoms with Crippen LogP contribution in [0.4, 0.5) is 5.82 Å². The minimum Gasteiger partial charge on any atom is -1.00 e. The number of hydrogen-bond donors (Lipinski definition) is 5. The molecule has 8 N–H and O–H groups in total. The summed E-state index contributed by atoms with van der Waals surface area (Å²) < 4.78 is 2.11. The first-order valence-corrected chi connectivity index (χ1v) is 8.95. The molecule has 2 heterocycles. The van der Waals surface area contributed by atoms with Crippen molar-refractivity contribution < 1.29 is 36.8 Å². The van der Waals surface area contributed by atoms with E-state index in [0.717, 1.165) is 11.3 Å². The van der Waals surface area contributed by atoms with Gasteiger partial charge in [-0.25, -0.2) is 9.97 Å². The number of carbonyl (C=O) groups excluding carboxylic acids is 1. The van der Waals surface area contributed by atoms with Crippen molar-refractivity contribution in [2.24, 2.45) is 11.5 Å². The number of aliphatic hydroxyl groups excluding tert-OH is 1. The van der Waals surface area contributed by atoms with Gasteiger partial charge in [0.2, 0.25) is 11.4 Å². The van der Waals surface area contributed by atoms with Gasteiger partial charge in [0.15, 0.2) is 12.2 Å². The molecule has 0 aliphatic rings. The third kappa shape index (κ3) is 8.13. The molecular weight excluding hydrogens is 408 g/mol. The van der Waals surface area contributed by atoms with Gasteiger partial charge in [-0.3, -0.25) is 9.59 Å². The standard InChI is InChI=1S/C12H17N4OS.C4H8N2O3.ClH/c1-8-11(3-4-17)18-7-16(8)6-10-5-14-9(2)15-12(10)13;5-2(4(8)9)1-3(6)7;/h5,7,17H,3-4,6H2,1-2H3,(H2,13,14,15);2H,1,5H2,(H2,6,7)(H,8,9);1H/q+1;;/p-1. The Labute approximate surface area is 172 Å². The molecule has 0 saturated carbocycles. The Morgan fingerprint density at radius 3 is 2.46 bits per heavy atom. The fraction of sp³-hybridized carbons (Fsp3) is 0.438. The molecule has 0 bridgehead atoms. The minimum atomic E-state index is -1.21. The number of carbonyl (C=O) groups is 2. The highest BCUT2D eigenvalue weighted by atomic mass is 35.5. The molecule has 0 spiro atoms. The van der Waals surface area contributed by atoms with Crippen LogP contribution >= 0.6 is 11.3 Å². The highest BCUT2D eigenvalue weighted by Gasteiger charge is 2.17. The van der Waals surface area contributed by atoms with Crippen LogP contribution in [0.25, 0.3) is 0 Å². The van der Waals surface area contributed by atoms with E-state index in [2.05, 4.69) is 20.3 Å². The number of halogens is 1. The summed E-state index contributed by atoms with van der Waals surface area (Å²) in [6.45, 7) is 4.71. The van der Waals surface area contributed by atoms with Crippen molar-refractivity contribution in [1.82, 2.24) is 9.97 Å². The zero-order chi connectivity index (χ0) is 20.6. The fourth-order valence-electron chi connectivity index (χ4n) is 2.07. The predicted molar refractivity (Wildman–Crippen MR) is 99.7 cm³/mol. The summed E-state index contributed by atoms with van der Waals surface area (Å²) >= 11 is 1.65. The zero-order valence-electron chi connectivity index (χ0n) is 15.6. The van der Waals surface area contributed by atoms with Crippen molar-refractivity contribution in [2.45, 2.75) is 39.3 Å². The summed E-state index contributed by atoms with van der Waals surface area (Å²) in [5.41, 5.74) is 19.6. The number of rotatable bonds is 7. The molecule has 0 radical (unpaired) electrons. The first kappa shape index (κ1) is 25.7. The monoisotopic (exact) mass is 432 g/mol. The average molecular weight is 433 g/mol. The Hall–Kier alpha value is -2.34. The number of carboxylic acids is 1. The van der Waals surface area contributed by atoms with Crippen molar-refractivity contribution in [3.63, 3.8) is 0 Å². The maximum Gasteiger partial charge on any atom is 0.321 e. The lowest BCUT2D eigenvalue weighted by Gasteiger charge is -2.01. The molecule has 0 fully saturated rings. The van der Waals surface area contributed by atoms with Gasteiger partial charge in [0.25, 0.3) is 0 Å². The summed E-state index contributed by atoms with van der Waals surface area (Å²) in [5, 5.41) is 17.1. The molecule has 0 aliphatic carbocycles. The van der Waals surface area contributed by atoms with E-state index >= 15 is 0 Å². The number of aliphatic hydroxyl groups is 1. The number of hydrogen-bond acceptors (Lipinski definition) is 8. The number of thiazole rings is 1. The normalized spacial score (nSPS) is 11.0. The number of primary amides is 1. The van der Waals surface area contributed by atoms with Gasteiger partial charge in [0.1, 0.15) is 17.7 Å². The summed E-state index contributed by atoms with van der Waals surface area (Å²) in [5.74, 6) is -0.702. The molecule has 28 heavy (non-hydrogen) atoms. The molecule has 10 nitrogen and oxygen atoms in total. The van der Waals surface area contributed by atoms with Crippen LogP contribution in [0.3, 0.4) is 0 Å². The van der Waals surface area contributed by atoms with E-state index in [1.165, 1.54) is 4.88 Å². The van der Waals surface area contributed by atoms with Crippen LogP contribution in [-0.4, -0.2) is 44.7 Å². The van der Waals surface area contributed by atoms with E-state index in [4.69, 9.17) is 21.7 Å². The van der Waals surface area contributed by atoms with Crippen molar-refractivity contribution in [3.8, 4) is 0 Å². The van der Waals surface area contributed by atoms with E-state index in [1.807, 2.05) is 19.4 Å². The molecule has 2 rings (SSSR count). The highest BCUT2D eigenvalue weighted by molar-refractivity contribution is 7.09. The second kappa shape index (κ2) is 12.2. The number of nitrogens with two attached hydrogens (primary N) is 3. The van der Waals surface area contributed by atoms with Crippen molar-refractivity contribution in [3.05, 3.63) is 33.7 Å². The molecule has 2 aromatic rings. The molecule has 12 heteroatoms. The molecule has 2 aromatic heterocycles.